The van der Waals surface area contributed by atoms with Crippen molar-refractivity contribution in [1.82, 2.24) is 0 Å². The van der Waals surface area contributed by atoms with Gasteiger partial charge in [0.2, 0.25) is 0 Å². The van der Waals surface area contributed by atoms with E-state index in [9.17, 15) is 0 Å². The number of rotatable bonds is 2. The van der Waals surface area contributed by atoms with Gasteiger partial charge in [0.1, 0.15) is 0 Å². The highest BCUT2D eigenvalue weighted by atomic mass is 79.9. The summed E-state index contributed by atoms with van der Waals surface area (Å²) >= 11 is 3.42. The summed E-state index contributed by atoms with van der Waals surface area (Å²) in [4.78, 5) is 0. The second-order valence-corrected chi connectivity index (χ2v) is 4.41. The van der Waals surface area contributed by atoms with E-state index in [1.165, 1.54) is 0 Å². The molecule has 0 aromatic heterocycles. The molecule has 0 saturated carbocycles. The van der Waals surface area contributed by atoms with Crippen LogP contribution >= 0.6 is 15.9 Å². The van der Waals surface area contributed by atoms with Crippen molar-refractivity contribution in [3.63, 3.8) is 0 Å². The molecule has 4 heteroatoms. The predicted molar refractivity (Wildman–Crippen MR) is 73.0 cm³/mol. The highest BCUT2D eigenvalue weighted by Crippen LogP contribution is 2.27. The molecule has 0 unspecified atom stereocenters. The molecule has 2 aromatic rings. The Morgan fingerprint density at radius 2 is 2.00 bits per heavy atom. The maximum absolute atomic E-state index is 8.77. The lowest BCUT2D eigenvalue weighted by Gasteiger charge is -2.09. The lowest BCUT2D eigenvalue weighted by molar-refractivity contribution is 1.46. The fourth-order valence-corrected chi connectivity index (χ4v) is 1.94. The molecule has 2 aromatic carbocycles. The number of hydrogen-bond acceptors (Lipinski definition) is 3. The standard InChI is InChI=1S/C13H10BrN3/c14-12-6-9(8-15)4-5-13(12)17-11-3-1-2-10(16)7-11/h1-7,17H,16H2. The molecule has 2 rings (SSSR count). The molecule has 0 spiro atoms. The maximum Gasteiger partial charge on any atom is 0.0992 e. The van der Waals surface area contributed by atoms with Crippen molar-refractivity contribution >= 4 is 33.0 Å². The van der Waals surface area contributed by atoms with Crippen molar-refractivity contribution in [2.75, 3.05) is 11.1 Å². The first-order valence-electron chi connectivity index (χ1n) is 5.01. The van der Waals surface area contributed by atoms with Crippen LogP contribution in [0.15, 0.2) is 46.9 Å². The summed E-state index contributed by atoms with van der Waals surface area (Å²) in [5, 5.41) is 12.0. The van der Waals surface area contributed by atoms with E-state index in [1.807, 2.05) is 30.3 Å². The SMILES string of the molecule is N#Cc1ccc(Nc2cccc(N)c2)c(Br)c1. The third-order valence-electron chi connectivity index (χ3n) is 2.26. The minimum absolute atomic E-state index is 0.620. The summed E-state index contributed by atoms with van der Waals surface area (Å²) in [6, 6.07) is 15.0. The Morgan fingerprint density at radius 1 is 1.18 bits per heavy atom. The zero-order chi connectivity index (χ0) is 12.3. The van der Waals surface area contributed by atoms with Crippen molar-refractivity contribution in [3.05, 3.63) is 52.5 Å². The van der Waals surface area contributed by atoms with Crippen molar-refractivity contribution in [1.29, 1.82) is 5.26 Å². The Balaban J connectivity index is 2.28. The summed E-state index contributed by atoms with van der Waals surface area (Å²) in [7, 11) is 0. The van der Waals surface area contributed by atoms with Crippen LogP contribution in [0, 0.1) is 11.3 Å². The molecule has 0 aliphatic carbocycles. The van der Waals surface area contributed by atoms with Gasteiger partial charge in [-0.1, -0.05) is 6.07 Å². The smallest absolute Gasteiger partial charge is 0.0992 e. The zero-order valence-electron chi connectivity index (χ0n) is 8.94. The largest absolute Gasteiger partial charge is 0.399 e. The van der Waals surface area contributed by atoms with Crippen molar-refractivity contribution in [3.8, 4) is 6.07 Å². The number of nitrogens with two attached hydrogens (primary N) is 1. The van der Waals surface area contributed by atoms with Crippen molar-refractivity contribution in [2.45, 2.75) is 0 Å². The highest BCUT2D eigenvalue weighted by Gasteiger charge is 2.02. The maximum atomic E-state index is 8.77. The van der Waals surface area contributed by atoms with E-state index in [2.05, 4.69) is 27.3 Å². The molecule has 0 atom stereocenters. The van der Waals surface area contributed by atoms with E-state index < -0.39 is 0 Å². The lowest BCUT2D eigenvalue weighted by atomic mass is 10.2. The molecule has 17 heavy (non-hydrogen) atoms. The Labute approximate surface area is 108 Å². The molecule has 3 N–H and O–H groups in total. The monoisotopic (exact) mass is 287 g/mol. The zero-order valence-corrected chi connectivity index (χ0v) is 10.5. The summed E-state index contributed by atoms with van der Waals surface area (Å²) in [6.45, 7) is 0. The van der Waals surface area contributed by atoms with E-state index in [0.29, 0.717) is 11.3 Å². The second kappa shape index (κ2) is 4.89. The van der Waals surface area contributed by atoms with Gasteiger partial charge >= 0.3 is 0 Å². The first kappa shape index (κ1) is 11.5. The number of nitrogens with zero attached hydrogens (tertiary/aromatic N) is 1. The number of benzene rings is 2. The van der Waals surface area contributed by atoms with Crippen LogP contribution in [-0.4, -0.2) is 0 Å². The van der Waals surface area contributed by atoms with E-state index in [0.717, 1.165) is 15.8 Å². The van der Waals surface area contributed by atoms with Crippen molar-refractivity contribution < 1.29 is 0 Å². The number of nitrogen functional groups attached to an aromatic ring is 1. The normalized spacial score (nSPS) is 9.65. The minimum atomic E-state index is 0.620. The molecule has 0 saturated heterocycles. The van der Waals surface area contributed by atoms with Gasteiger partial charge in [0.05, 0.1) is 17.3 Å². The quantitative estimate of drug-likeness (QED) is 0.829. The van der Waals surface area contributed by atoms with Gasteiger partial charge in [-0.25, -0.2) is 0 Å². The molecule has 0 radical (unpaired) electrons. The fourth-order valence-electron chi connectivity index (χ4n) is 1.46. The topological polar surface area (TPSA) is 61.8 Å². The van der Waals surface area contributed by atoms with Gasteiger partial charge in [0.15, 0.2) is 0 Å². The van der Waals surface area contributed by atoms with Gasteiger partial charge in [-0.2, -0.15) is 5.26 Å². The van der Waals surface area contributed by atoms with Crippen molar-refractivity contribution in [2.24, 2.45) is 0 Å². The number of anilines is 3. The number of halogens is 1. The fraction of sp³-hybridized carbons (Fsp3) is 0. The molecule has 0 heterocycles. The molecule has 84 valence electrons. The van der Waals surface area contributed by atoms with Gasteiger partial charge in [-0.3, -0.25) is 0 Å². The molecule has 0 aliphatic heterocycles. The van der Waals surface area contributed by atoms with Gasteiger partial charge in [0.25, 0.3) is 0 Å². The Bertz CT molecular complexity index is 587. The van der Waals surface area contributed by atoms with Gasteiger partial charge < -0.3 is 11.1 Å². The summed E-state index contributed by atoms with van der Waals surface area (Å²) in [5.74, 6) is 0. The Morgan fingerprint density at radius 3 is 2.65 bits per heavy atom. The summed E-state index contributed by atoms with van der Waals surface area (Å²) in [5.41, 5.74) is 8.84. The third-order valence-corrected chi connectivity index (χ3v) is 2.92. The second-order valence-electron chi connectivity index (χ2n) is 3.56. The average molecular weight is 288 g/mol. The number of nitriles is 1. The van der Waals surface area contributed by atoms with Crippen LogP contribution < -0.4 is 11.1 Å². The third kappa shape index (κ3) is 2.77. The average Bonchev–Trinajstić information content (AvgIpc) is 2.32. The first-order chi connectivity index (χ1) is 8.19. The van der Waals surface area contributed by atoms with Crippen LogP contribution in [0.5, 0.6) is 0 Å². The van der Waals surface area contributed by atoms with Crippen LogP contribution in [-0.2, 0) is 0 Å². The summed E-state index contributed by atoms with van der Waals surface area (Å²) < 4.78 is 0.846. The van der Waals surface area contributed by atoms with Crippen LogP contribution in [0.25, 0.3) is 0 Å². The molecule has 0 amide bonds. The highest BCUT2D eigenvalue weighted by molar-refractivity contribution is 9.10. The van der Waals surface area contributed by atoms with E-state index in [-0.39, 0.29) is 0 Å². The molecule has 0 aliphatic rings. The van der Waals surface area contributed by atoms with Gasteiger partial charge in [0, 0.05) is 15.8 Å². The lowest BCUT2D eigenvalue weighted by Crippen LogP contribution is -1.93. The van der Waals surface area contributed by atoms with Crippen LogP contribution in [0.1, 0.15) is 5.56 Å². The Kier molecular flexibility index (Phi) is 3.31. The molecular formula is C13H10BrN3. The van der Waals surface area contributed by atoms with Gasteiger partial charge in [-0.15, -0.1) is 0 Å². The minimum Gasteiger partial charge on any atom is -0.399 e. The van der Waals surface area contributed by atoms with Crippen LogP contribution in [0.2, 0.25) is 0 Å². The number of nitrogens with one attached hydrogen (secondary N) is 1. The van der Waals surface area contributed by atoms with Crippen LogP contribution in [0.3, 0.4) is 0 Å². The first-order valence-corrected chi connectivity index (χ1v) is 5.80. The number of hydrogen-bond donors (Lipinski definition) is 2. The molecule has 3 nitrogen and oxygen atoms in total. The predicted octanol–water partition coefficient (Wildman–Crippen LogP) is 3.65. The van der Waals surface area contributed by atoms with E-state index in [4.69, 9.17) is 11.0 Å². The molecular weight excluding hydrogens is 278 g/mol. The molecule has 0 bridgehead atoms. The van der Waals surface area contributed by atoms with Crippen LogP contribution in [0.4, 0.5) is 17.1 Å². The Hall–Kier alpha value is -1.99. The van der Waals surface area contributed by atoms with E-state index in [1.54, 1.807) is 12.1 Å². The van der Waals surface area contributed by atoms with E-state index >= 15 is 0 Å². The summed E-state index contributed by atoms with van der Waals surface area (Å²) in [6.07, 6.45) is 0. The van der Waals surface area contributed by atoms with Gasteiger partial charge in [-0.05, 0) is 52.3 Å². The molecule has 0 fully saturated rings.